The number of hydrogen-bond donors (Lipinski definition) is 4. The van der Waals surface area contributed by atoms with Crippen LogP contribution in [0.25, 0.3) is 0 Å². The van der Waals surface area contributed by atoms with Gasteiger partial charge >= 0.3 is 0 Å². The van der Waals surface area contributed by atoms with E-state index in [2.05, 4.69) is 5.32 Å². The lowest BCUT2D eigenvalue weighted by atomic mass is 10.6. The van der Waals surface area contributed by atoms with Crippen molar-refractivity contribution < 1.29 is 8.60 Å². The highest BCUT2D eigenvalue weighted by Crippen LogP contribution is 2.19. The first-order chi connectivity index (χ1) is 5.91. The van der Waals surface area contributed by atoms with Crippen molar-refractivity contribution in [2.24, 2.45) is 5.14 Å². The summed E-state index contributed by atoms with van der Waals surface area (Å²) in [4.78, 5) is 0. The van der Waals surface area contributed by atoms with Gasteiger partial charge in [0.2, 0.25) is 0 Å². The Hall–Kier alpha value is -0.950. The van der Waals surface area contributed by atoms with E-state index in [4.69, 9.17) is 15.3 Å². The van der Waals surface area contributed by atoms with Crippen LogP contribution >= 0.6 is 0 Å². The lowest BCUT2D eigenvalue weighted by Crippen LogP contribution is -2.22. The fourth-order valence-electron chi connectivity index (χ4n) is 0.651. The maximum atomic E-state index is 12.9. The fourth-order valence-corrected chi connectivity index (χ4v) is 1.00. The normalized spacial score (nSPS) is 22.2. The van der Waals surface area contributed by atoms with E-state index in [0.29, 0.717) is 0 Å². The Morgan fingerprint density at radius 1 is 1.69 bits per heavy atom. The summed E-state index contributed by atoms with van der Waals surface area (Å²) in [6, 6.07) is 0.248. The summed E-state index contributed by atoms with van der Waals surface area (Å²) in [6.07, 6.45) is 2.88. The monoisotopic (exact) mass is 206 g/mol. The van der Waals surface area contributed by atoms with Crippen molar-refractivity contribution in [1.29, 1.82) is 10.2 Å². The van der Waals surface area contributed by atoms with E-state index in [0.717, 1.165) is 19.0 Å². The Morgan fingerprint density at radius 3 is 2.62 bits per heavy atom. The molecule has 1 atom stereocenters. The van der Waals surface area contributed by atoms with Crippen LogP contribution in [-0.4, -0.2) is 15.3 Å². The van der Waals surface area contributed by atoms with Crippen molar-refractivity contribution in [2.75, 3.05) is 0 Å². The Labute approximate surface area is 75.8 Å². The molecule has 0 amide bonds. The van der Waals surface area contributed by atoms with Gasteiger partial charge < -0.3 is 5.32 Å². The van der Waals surface area contributed by atoms with Crippen LogP contribution in [0.4, 0.5) is 4.39 Å². The molecule has 0 spiro atoms. The average molecular weight is 206 g/mol. The molecule has 5 N–H and O–H groups in total. The van der Waals surface area contributed by atoms with Crippen LogP contribution in [0.3, 0.4) is 0 Å². The molecule has 0 aromatic heterocycles. The molecule has 1 aliphatic carbocycles. The molecule has 1 fully saturated rings. The van der Waals surface area contributed by atoms with Gasteiger partial charge in [-0.2, -0.15) is 0 Å². The molecule has 7 heteroatoms. The van der Waals surface area contributed by atoms with Crippen LogP contribution in [0, 0.1) is 10.2 Å². The van der Waals surface area contributed by atoms with Gasteiger partial charge in [-0.1, -0.05) is 0 Å². The molecule has 0 aromatic rings. The van der Waals surface area contributed by atoms with Crippen LogP contribution < -0.4 is 10.5 Å². The van der Waals surface area contributed by atoms with Gasteiger partial charge in [0, 0.05) is 12.2 Å². The van der Waals surface area contributed by atoms with E-state index in [9.17, 15) is 8.60 Å². The first kappa shape index (κ1) is 10.1. The maximum Gasteiger partial charge on any atom is 0.179 e. The molecule has 13 heavy (non-hydrogen) atoms. The molecule has 0 saturated heterocycles. The van der Waals surface area contributed by atoms with Crippen molar-refractivity contribution in [1.82, 2.24) is 5.32 Å². The van der Waals surface area contributed by atoms with Gasteiger partial charge in [0.25, 0.3) is 0 Å². The molecular formula is C6H11FN4OS. The first-order valence-corrected chi connectivity index (χ1v) is 5.30. The third-order valence-electron chi connectivity index (χ3n) is 1.54. The van der Waals surface area contributed by atoms with E-state index in [-0.39, 0.29) is 6.04 Å². The van der Waals surface area contributed by atoms with Crippen LogP contribution in [0.1, 0.15) is 12.8 Å². The minimum Gasteiger partial charge on any atom is -0.386 e. The fraction of sp³-hybridized carbons (Fsp3) is 0.500. The van der Waals surface area contributed by atoms with Crippen molar-refractivity contribution in [2.45, 2.75) is 18.9 Å². The predicted octanol–water partition coefficient (Wildman–Crippen LogP) is 0.447. The van der Waals surface area contributed by atoms with Crippen molar-refractivity contribution in [3.05, 3.63) is 12.0 Å². The quantitative estimate of drug-likeness (QED) is 0.398. The standard InChI is InChI=1S/C6H11FN4OS/c7-5(3-11-4-1-2-4)6(8)13(9,10)12/h3-4,8,11H,1-2H2,(H3,9,10,12)/b5-3+,8-6?. The number of rotatable bonds is 3. The topological polar surface area (TPSA) is 103 Å². The second-order valence-corrected chi connectivity index (χ2v) is 4.47. The molecule has 1 saturated carbocycles. The Bertz CT molecular complexity index is 344. The molecule has 0 radical (unpaired) electrons. The average Bonchev–Trinajstić information content (AvgIpc) is 2.80. The van der Waals surface area contributed by atoms with E-state index >= 15 is 0 Å². The zero-order chi connectivity index (χ0) is 10.1. The largest absolute Gasteiger partial charge is 0.386 e. The zero-order valence-corrected chi connectivity index (χ0v) is 7.66. The highest BCUT2D eigenvalue weighted by Gasteiger charge is 2.20. The Balaban J connectivity index is 2.59. The van der Waals surface area contributed by atoms with Gasteiger partial charge in [0.1, 0.15) is 0 Å². The van der Waals surface area contributed by atoms with Crippen LogP contribution in [-0.2, 0) is 9.92 Å². The second kappa shape index (κ2) is 3.43. The second-order valence-electron chi connectivity index (χ2n) is 2.86. The predicted molar refractivity (Wildman–Crippen MR) is 48.1 cm³/mol. The minimum atomic E-state index is -3.73. The third kappa shape index (κ3) is 3.11. The maximum absolute atomic E-state index is 12.9. The summed E-state index contributed by atoms with van der Waals surface area (Å²) in [5.41, 5.74) is 0. The van der Waals surface area contributed by atoms with Gasteiger partial charge in [-0.05, 0) is 12.8 Å². The van der Waals surface area contributed by atoms with E-state index in [1.165, 1.54) is 0 Å². The van der Waals surface area contributed by atoms with Gasteiger partial charge in [0.15, 0.2) is 20.8 Å². The van der Waals surface area contributed by atoms with Crippen LogP contribution in [0.2, 0.25) is 0 Å². The van der Waals surface area contributed by atoms with Crippen molar-refractivity contribution in [3.8, 4) is 0 Å². The highest BCUT2D eigenvalue weighted by atomic mass is 32.2. The van der Waals surface area contributed by atoms with Gasteiger partial charge in [-0.15, -0.1) is 0 Å². The molecule has 1 rings (SSSR count). The lowest BCUT2D eigenvalue weighted by Gasteiger charge is -2.01. The number of nitrogens with two attached hydrogens (primary N) is 1. The smallest absolute Gasteiger partial charge is 0.179 e. The summed E-state index contributed by atoms with van der Waals surface area (Å²) < 4.78 is 30.3. The van der Waals surface area contributed by atoms with Crippen molar-refractivity contribution in [3.63, 3.8) is 0 Å². The van der Waals surface area contributed by atoms with E-state index in [1.807, 2.05) is 0 Å². The number of halogens is 1. The molecule has 1 unspecified atom stereocenters. The minimum absolute atomic E-state index is 0.248. The first-order valence-electron chi connectivity index (χ1n) is 3.68. The molecule has 0 aliphatic heterocycles. The van der Waals surface area contributed by atoms with Gasteiger partial charge in [-0.3, -0.25) is 5.41 Å². The van der Waals surface area contributed by atoms with E-state index < -0.39 is 20.8 Å². The molecule has 0 heterocycles. The molecule has 0 bridgehead atoms. The molecule has 1 aliphatic rings. The van der Waals surface area contributed by atoms with Gasteiger partial charge in [-0.25, -0.2) is 18.5 Å². The Morgan fingerprint density at radius 2 is 2.23 bits per heavy atom. The SMILES string of the molecule is N=C(/C(F)=C\NC1CC1)S(=N)(N)=O. The van der Waals surface area contributed by atoms with Crippen LogP contribution in [0.5, 0.6) is 0 Å². The molecule has 5 nitrogen and oxygen atoms in total. The molecular weight excluding hydrogens is 195 g/mol. The third-order valence-corrected chi connectivity index (χ3v) is 2.34. The Kier molecular flexibility index (Phi) is 2.67. The summed E-state index contributed by atoms with van der Waals surface area (Å²) in [5, 5.41) is 13.4. The van der Waals surface area contributed by atoms with Crippen LogP contribution in [0.15, 0.2) is 12.0 Å². The van der Waals surface area contributed by atoms with Crippen molar-refractivity contribution >= 4 is 15.0 Å². The zero-order valence-electron chi connectivity index (χ0n) is 6.84. The summed E-state index contributed by atoms with van der Waals surface area (Å²) in [7, 11) is -3.73. The summed E-state index contributed by atoms with van der Waals surface area (Å²) in [6.45, 7) is 0. The lowest BCUT2D eigenvalue weighted by molar-refractivity contribution is 0.659. The summed E-state index contributed by atoms with van der Waals surface area (Å²) in [5.74, 6) is -1.03. The number of nitrogens with one attached hydrogen (secondary N) is 3. The van der Waals surface area contributed by atoms with Gasteiger partial charge in [0.05, 0.1) is 0 Å². The molecule has 0 aromatic carbocycles. The molecule has 74 valence electrons. The number of hydrogen-bond acceptors (Lipinski definition) is 4. The summed E-state index contributed by atoms with van der Waals surface area (Å²) >= 11 is 0. The van der Waals surface area contributed by atoms with E-state index in [1.54, 1.807) is 0 Å². The highest BCUT2D eigenvalue weighted by molar-refractivity contribution is 8.05.